The molecule has 3 aromatic carbocycles. The third kappa shape index (κ3) is 4.13. The molecule has 3 heteroatoms. The van der Waals surface area contributed by atoms with Crippen LogP contribution in [0.4, 0.5) is 0 Å². The highest BCUT2D eigenvalue weighted by atomic mass is 16.4. The Morgan fingerprint density at radius 2 is 1.65 bits per heavy atom. The van der Waals surface area contributed by atoms with Gasteiger partial charge >= 0.3 is 0 Å². The van der Waals surface area contributed by atoms with Crippen LogP contribution in [0.5, 0.6) is 0 Å². The fourth-order valence-electron chi connectivity index (χ4n) is 5.53. The molecule has 0 saturated heterocycles. The van der Waals surface area contributed by atoms with Gasteiger partial charge in [-0.2, -0.15) is 0 Å². The Balaban J connectivity index is 1.52. The number of aromatic nitrogens is 1. The molecule has 0 spiro atoms. The van der Waals surface area contributed by atoms with Crippen LogP contribution in [0, 0.1) is 12.8 Å². The first-order chi connectivity index (χ1) is 17.7. The van der Waals surface area contributed by atoms with Crippen molar-refractivity contribution in [3.63, 3.8) is 0 Å². The molecule has 0 aliphatic rings. The minimum absolute atomic E-state index is 0.000916. The third-order valence-electron chi connectivity index (χ3n) is 7.20. The molecule has 0 N–H and O–H groups in total. The van der Waals surface area contributed by atoms with Gasteiger partial charge in [0.2, 0.25) is 0 Å². The zero-order valence-corrected chi connectivity index (χ0v) is 22.5. The summed E-state index contributed by atoms with van der Waals surface area (Å²) in [5, 5.41) is 4.61. The monoisotopic (exact) mass is 487 g/mol. The number of aryl methyl sites for hydroxylation is 1. The number of benzene rings is 3. The first-order valence-corrected chi connectivity index (χ1v) is 13.1. The normalized spacial score (nSPS) is 12.4. The maximum absolute atomic E-state index is 6.60. The molecule has 6 rings (SSSR count). The van der Waals surface area contributed by atoms with Crippen molar-refractivity contribution in [2.45, 2.75) is 53.4 Å². The van der Waals surface area contributed by atoms with E-state index in [9.17, 15) is 0 Å². The Kier molecular flexibility index (Phi) is 5.49. The summed E-state index contributed by atoms with van der Waals surface area (Å²) < 4.78 is 12.8. The zero-order chi connectivity index (χ0) is 25.9. The van der Waals surface area contributed by atoms with Crippen LogP contribution in [-0.2, 0) is 11.8 Å². The molecule has 0 aliphatic heterocycles. The summed E-state index contributed by atoms with van der Waals surface area (Å²) in [6.45, 7) is 13.3. The van der Waals surface area contributed by atoms with Gasteiger partial charge in [0, 0.05) is 22.5 Å². The van der Waals surface area contributed by atoms with E-state index in [1.54, 1.807) is 0 Å². The standard InChI is InChI=1S/C34H33NO2/c1-20(2)15-22-11-12-27-29(16-22)36-21(3)31(27)30-19-24-13-14-35-32(33(24)37-30)25-17-23-9-7-8-10-26(23)28(18-25)34(4,5)6/h7-14,16-20H,15H2,1-6H3. The molecule has 0 unspecified atom stereocenters. The van der Waals surface area contributed by atoms with E-state index >= 15 is 0 Å². The van der Waals surface area contributed by atoms with Gasteiger partial charge in [-0.05, 0) is 76.9 Å². The van der Waals surface area contributed by atoms with Crippen LogP contribution in [0.1, 0.15) is 51.5 Å². The van der Waals surface area contributed by atoms with Gasteiger partial charge in [0.05, 0.1) is 5.56 Å². The van der Waals surface area contributed by atoms with E-state index in [-0.39, 0.29) is 5.41 Å². The number of nitrogens with zero attached hydrogens (tertiary/aromatic N) is 1. The van der Waals surface area contributed by atoms with E-state index < -0.39 is 0 Å². The molecule has 0 amide bonds. The van der Waals surface area contributed by atoms with E-state index in [4.69, 9.17) is 13.8 Å². The average Bonchev–Trinajstić information content (AvgIpc) is 3.41. The molecule has 0 radical (unpaired) electrons. The topological polar surface area (TPSA) is 39.2 Å². The fourth-order valence-corrected chi connectivity index (χ4v) is 5.53. The molecule has 0 atom stereocenters. The molecule has 37 heavy (non-hydrogen) atoms. The second-order valence-corrected chi connectivity index (χ2v) is 11.6. The summed E-state index contributed by atoms with van der Waals surface area (Å²) in [4.78, 5) is 4.81. The lowest BCUT2D eigenvalue weighted by atomic mass is 9.82. The van der Waals surface area contributed by atoms with Crippen LogP contribution in [0.15, 0.2) is 81.8 Å². The van der Waals surface area contributed by atoms with Gasteiger partial charge in [0.15, 0.2) is 5.58 Å². The molecule has 0 aliphatic carbocycles. The molecular formula is C34H33NO2. The predicted octanol–water partition coefficient (Wildman–Crippen LogP) is 9.87. The van der Waals surface area contributed by atoms with Gasteiger partial charge in [0.1, 0.15) is 22.8 Å². The van der Waals surface area contributed by atoms with Crippen molar-refractivity contribution < 1.29 is 8.83 Å². The highest BCUT2D eigenvalue weighted by Crippen LogP contribution is 2.41. The first-order valence-electron chi connectivity index (χ1n) is 13.1. The lowest BCUT2D eigenvalue weighted by molar-refractivity contribution is 0.572. The second-order valence-electron chi connectivity index (χ2n) is 11.6. The number of hydrogen-bond donors (Lipinski definition) is 0. The van der Waals surface area contributed by atoms with E-state index in [0.29, 0.717) is 5.92 Å². The molecule has 3 heterocycles. The highest BCUT2D eigenvalue weighted by Gasteiger charge is 2.22. The number of rotatable bonds is 4. The Labute approximate surface area is 218 Å². The predicted molar refractivity (Wildman–Crippen MR) is 154 cm³/mol. The number of pyridine rings is 1. The maximum Gasteiger partial charge on any atom is 0.161 e. The van der Waals surface area contributed by atoms with Gasteiger partial charge < -0.3 is 8.83 Å². The maximum atomic E-state index is 6.60. The van der Waals surface area contributed by atoms with Gasteiger partial charge in [-0.15, -0.1) is 0 Å². The minimum atomic E-state index is -0.000916. The lowest BCUT2D eigenvalue weighted by Gasteiger charge is -2.22. The summed E-state index contributed by atoms with van der Waals surface area (Å²) in [5.41, 5.74) is 7.27. The Bertz CT molecular complexity index is 1780. The molecule has 3 aromatic heterocycles. The third-order valence-corrected chi connectivity index (χ3v) is 7.20. The van der Waals surface area contributed by atoms with Gasteiger partial charge in [0.25, 0.3) is 0 Å². The van der Waals surface area contributed by atoms with Gasteiger partial charge in [-0.25, -0.2) is 0 Å². The van der Waals surface area contributed by atoms with Crippen LogP contribution in [0.2, 0.25) is 0 Å². The Morgan fingerprint density at radius 1 is 0.838 bits per heavy atom. The van der Waals surface area contributed by atoms with Crippen molar-refractivity contribution in [1.29, 1.82) is 0 Å². The molecular weight excluding hydrogens is 454 g/mol. The van der Waals surface area contributed by atoms with Crippen molar-refractivity contribution in [2.75, 3.05) is 0 Å². The lowest BCUT2D eigenvalue weighted by Crippen LogP contribution is -2.12. The van der Waals surface area contributed by atoms with Crippen molar-refractivity contribution in [3.05, 3.63) is 89.8 Å². The van der Waals surface area contributed by atoms with E-state index in [1.165, 1.54) is 21.9 Å². The van der Waals surface area contributed by atoms with Crippen molar-refractivity contribution in [3.8, 4) is 22.6 Å². The average molecular weight is 488 g/mol. The number of hydrogen-bond acceptors (Lipinski definition) is 3. The van der Waals surface area contributed by atoms with Crippen LogP contribution in [-0.4, -0.2) is 4.98 Å². The molecule has 6 aromatic rings. The van der Waals surface area contributed by atoms with Crippen LogP contribution < -0.4 is 0 Å². The van der Waals surface area contributed by atoms with Crippen molar-refractivity contribution in [2.24, 2.45) is 5.92 Å². The Morgan fingerprint density at radius 3 is 2.43 bits per heavy atom. The molecule has 186 valence electrons. The van der Waals surface area contributed by atoms with Crippen LogP contribution >= 0.6 is 0 Å². The Hall–Kier alpha value is -3.85. The van der Waals surface area contributed by atoms with Crippen molar-refractivity contribution >= 4 is 32.7 Å². The van der Waals surface area contributed by atoms with E-state index in [0.717, 1.165) is 56.7 Å². The van der Waals surface area contributed by atoms with Gasteiger partial charge in [-0.1, -0.05) is 71.0 Å². The smallest absolute Gasteiger partial charge is 0.161 e. The zero-order valence-electron chi connectivity index (χ0n) is 22.5. The number of fused-ring (bicyclic) bond motifs is 3. The highest BCUT2D eigenvalue weighted by molar-refractivity contribution is 6.00. The molecule has 0 saturated carbocycles. The quantitative estimate of drug-likeness (QED) is 0.248. The second kappa shape index (κ2) is 8.62. The molecule has 3 nitrogen and oxygen atoms in total. The largest absolute Gasteiger partial charge is 0.461 e. The summed E-state index contributed by atoms with van der Waals surface area (Å²) in [5.74, 6) is 2.28. The molecule has 0 fully saturated rings. The van der Waals surface area contributed by atoms with E-state index in [2.05, 4.69) is 95.3 Å². The first kappa shape index (κ1) is 23.5. The van der Waals surface area contributed by atoms with Gasteiger partial charge in [-0.3, -0.25) is 4.98 Å². The van der Waals surface area contributed by atoms with Crippen LogP contribution in [0.3, 0.4) is 0 Å². The SMILES string of the molecule is Cc1oc2cc(CC(C)C)ccc2c1-c1cc2ccnc(-c3cc(C(C)(C)C)c4ccccc4c3)c2o1. The number of furan rings is 2. The summed E-state index contributed by atoms with van der Waals surface area (Å²) in [6, 6.07) is 23.8. The summed E-state index contributed by atoms with van der Waals surface area (Å²) >= 11 is 0. The van der Waals surface area contributed by atoms with E-state index in [1.807, 2.05) is 19.2 Å². The summed E-state index contributed by atoms with van der Waals surface area (Å²) in [6.07, 6.45) is 2.91. The van der Waals surface area contributed by atoms with Crippen LogP contribution in [0.25, 0.3) is 55.3 Å². The molecule has 0 bridgehead atoms. The summed E-state index contributed by atoms with van der Waals surface area (Å²) in [7, 11) is 0. The fraction of sp³-hybridized carbons (Fsp3) is 0.265. The van der Waals surface area contributed by atoms with Crippen molar-refractivity contribution in [1.82, 2.24) is 4.98 Å². The minimum Gasteiger partial charge on any atom is -0.461 e.